The van der Waals surface area contributed by atoms with Gasteiger partial charge >= 0.3 is 5.97 Å². The Morgan fingerprint density at radius 3 is 2.29 bits per heavy atom. The fourth-order valence-electron chi connectivity index (χ4n) is 1.61. The first-order valence-electron chi connectivity index (χ1n) is 4.43. The molecule has 0 spiro atoms. The molecule has 3 heteroatoms. The summed E-state index contributed by atoms with van der Waals surface area (Å²) in [5.41, 5.74) is 0.715. The Balaban J connectivity index is 2.35. The van der Waals surface area contributed by atoms with Crippen LogP contribution >= 0.6 is 0 Å². The Kier molecular flexibility index (Phi) is 1.78. The largest absolute Gasteiger partial charge is 0.481 e. The van der Waals surface area contributed by atoms with Crippen LogP contribution in [0.25, 0.3) is 0 Å². The molecule has 1 aliphatic carbocycles. The summed E-state index contributed by atoms with van der Waals surface area (Å²) in [5.74, 6) is -0.762. The number of nitriles is 1. The first kappa shape index (κ1) is 8.76. The summed E-state index contributed by atoms with van der Waals surface area (Å²) in [4.78, 5) is 11.0. The maximum Gasteiger partial charge on any atom is 0.314 e. The lowest BCUT2D eigenvalue weighted by Crippen LogP contribution is -2.19. The SMILES string of the molecule is N#Cc1ccc(C2(C(=O)O)CC2)cc1. The van der Waals surface area contributed by atoms with E-state index in [9.17, 15) is 4.79 Å². The summed E-state index contributed by atoms with van der Waals surface area (Å²) in [6.45, 7) is 0. The molecule has 2 rings (SSSR count). The monoisotopic (exact) mass is 187 g/mol. The molecule has 1 fully saturated rings. The van der Waals surface area contributed by atoms with E-state index in [1.807, 2.05) is 6.07 Å². The highest BCUT2D eigenvalue weighted by atomic mass is 16.4. The second-order valence-electron chi connectivity index (χ2n) is 3.58. The molecule has 0 atom stereocenters. The van der Waals surface area contributed by atoms with Gasteiger partial charge in [-0.1, -0.05) is 12.1 Å². The number of carboxylic acids is 1. The van der Waals surface area contributed by atoms with Crippen molar-refractivity contribution in [3.63, 3.8) is 0 Å². The van der Waals surface area contributed by atoms with Crippen molar-refractivity contribution in [1.29, 1.82) is 5.26 Å². The summed E-state index contributed by atoms with van der Waals surface area (Å²) in [6.07, 6.45) is 1.41. The molecule has 3 nitrogen and oxygen atoms in total. The Labute approximate surface area is 81.6 Å². The third-order valence-electron chi connectivity index (χ3n) is 2.73. The second-order valence-corrected chi connectivity index (χ2v) is 3.58. The van der Waals surface area contributed by atoms with E-state index in [0.29, 0.717) is 18.4 Å². The van der Waals surface area contributed by atoms with Crippen LogP contribution < -0.4 is 0 Å². The molecule has 0 aromatic heterocycles. The second kappa shape index (κ2) is 2.85. The number of aliphatic carboxylic acids is 1. The highest BCUT2D eigenvalue weighted by Gasteiger charge is 2.51. The lowest BCUT2D eigenvalue weighted by molar-refractivity contribution is -0.140. The maximum absolute atomic E-state index is 11.0. The average Bonchev–Trinajstić information content (AvgIpc) is 2.99. The molecule has 1 aromatic carbocycles. The number of benzene rings is 1. The molecule has 1 aliphatic rings. The third-order valence-corrected chi connectivity index (χ3v) is 2.73. The molecule has 0 saturated heterocycles. The van der Waals surface area contributed by atoms with Crippen LogP contribution in [0.1, 0.15) is 24.0 Å². The molecular formula is C11H9NO2. The number of carboxylic acid groups (broad SMARTS) is 1. The van der Waals surface area contributed by atoms with E-state index in [2.05, 4.69) is 0 Å². The van der Waals surface area contributed by atoms with Gasteiger partial charge in [-0.05, 0) is 30.5 Å². The van der Waals surface area contributed by atoms with E-state index in [-0.39, 0.29) is 0 Å². The molecule has 0 bridgehead atoms. The molecule has 0 radical (unpaired) electrons. The Hall–Kier alpha value is -1.82. The minimum Gasteiger partial charge on any atom is -0.481 e. The molecule has 70 valence electrons. The summed E-state index contributed by atoms with van der Waals surface area (Å²) >= 11 is 0. The molecule has 1 saturated carbocycles. The molecule has 1 N–H and O–H groups in total. The van der Waals surface area contributed by atoms with Gasteiger partial charge in [0.2, 0.25) is 0 Å². The zero-order valence-electron chi connectivity index (χ0n) is 7.53. The van der Waals surface area contributed by atoms with E-state index < -0.39 is 11.4 Å². The zero-order chi connectivity index (χ0) is 10.2. The molecule has 0 aliphatic heterocycles. The van der Waals surface area contributed by atoms with Gasteiger partial charge in [-0.2, -0.15) is 5.26 Å². The standard InChI is InChI=1S/C11H9NO2/c12-7-8-1-3-9(4-2-8)11(5-6-11)10(13)14/h1-4H,5-6H2,(H,13,14). The van der Waals surface area contributed by atoms with Crippen LogP contribution in [0.5, 0.6) is 0 Å². The smallest absolute Gasteiger partial charge is 0.314 e. The van der Waals surface area contributed by atoms with E-state index >= 15 is 0 Å². The maximum atomic E-state index is 11.0. The quantitative estimate of drug-likeness (QED) is 0.766. The Morgan fingerprint density at radius 2 is 1.93 bits per heavy atom. The summed E-state index contributed by atoms with van der Waals surface area (Å²) in [7, 11) is 0. The van der Waals surface area contributed by atoms with Crippen molar-refractivity contribution in [1.82, 2.24) is 0 Å². The van der Waals surface area contributed by atoms with Crippen molar-refractivity contribution in [2.45, 2.75) is 18.3 Å². The first-order valence-corrected chi connectivity index (χ1v) is 4.43. The average molecular weight is 187 g/mol. The summed E-state index contributed by atoms with van der Waals surface area (Å²) in [6, 6.07) is 8.81. The lowest BCUT2D eigenvalue weighted by Gasteiger charge is -2.09. The predicted molar refractivity (Wildman–Crippen MR) is 49.7 cm³/mol. The van der Waals surface area contributed by atoms with Crippen molar-refractivity contribution in [2.24, 2.45) is 0 Å². The van der Waals surface area contributed by atoms with Crippen molar-refractivity contribution in [3.8, 4) is 6.07 Å². The summed E-state index contributed by atoms with van der Waals surface area (Å²) < 4.78 is 0. The van der Waals surface area contributed by atoms with E-state index in [4.69, 9.17) is 10.4 Å². The first-order chi connectivity index (χ1) is 6.69. The molecular weight excluding hydrogens is 178 g/mol. The molecule has 0 amide bonds. The van der Waals surface area contributed by atoms with Crippen LogP contribution in [0.4, 0.5) is 0 Å². The Morgan fingerprint density at radius 1 is 1.36 bits per heavy atom. The van der Waals surface area contributed by atoms with Crippen molar-refractivity contribution in [3.05, 3.63) is 35.4 Å². The highest BCUT2D eigenvalue weighted by Crippen LogP contribution is 2.48. The van der Waals surface area contributed by atoms with Gasteiger partial charge in [0.15, 0.2) is 0 Å². The van der Waals surface area contributed by atoms with E-state index in [0.717, 1.165) is 5.56 Å². The summed E-state index contributed by atoms with van der Waals surface area (Å²) in [5, 5.41) is 17.6. The topological polar surface area (TPSA) is 61.1 Å². The molecule has 14 heavy (non-hydrogen) atoms. The molecule has 1 aromatic rings. The minimum absolute atomic E-state index is 0.565. The minimum atomic E-state index is -0.762. The number of hydrogen-bond donors (Lipinski definition) is 1. The van der Waals surface area contributed by atoms with Crippen LogP contribution in [0.3, 0.4) is 0 Å². The van der Waals surface area contributed by atoms with Crippen molar-refractivity contribution < 1.29 is 9.90 Å². The van der Waals surface area contributed by atoms with E-state index in [1.54, 1.807) is 24.3 Å². The number of hydrogen-bond acceptors (Lipinski definition) is 2. The van der Waals surface area contributed by atoms with E-state index in [1.165, 1.54) is 0 Å². The lowest BCUT2D eigenvalue weighted by atomic mass is 9.95. The molecule has 0 unspecified atom stereocenters. The third kappa shape index (κ3) is 1.16. The highest BCUT2D eigenvalue weighted by molar-refractivity contribution is 5.84. The number of carbonyl (C=O) groups is 1. The van der Waals surface area contributed by atoms with Gasteiger partial charge in [-0.25, -0.2) is 0 Å². The normalized spacial score (nSPS) is 17.1. The zero-order valence-corrected chi connectivity index (χ0v) is 7.53. The van der Waals surface area contributed by atoms with Crippen molar-refractivity contribution in [2.75, 3.05) is 0 Å². The predicted octanol–water partition coefficient (Wildman–Crippen LogP) is 1.67. The van der Waals surface area contributed by atoms with Gasteiger partial charge in [0.05, 0.1) is 17.0 Å². The van der Waals surface area contributed by atoms with Gasteiger partial charge in [0.25, 0.3) is 0 Å². The van der Waals surface area contributed by atoms with Gasteiger partial charge in [0, 0.05) is 0 Å². The number of rotatable bonds is 2. The fourth-order valence-corrected chi connectivity index (χ4v) is 1.61. The molecule has 0 heterocycles. The van der Waals surface area contributed by atoms with Crippen molar-refractivity contribution >= 4 is 5.97 Å². The van der Waals surface area contributed by atoms with Crippen LogP contribution in [0.2, 0.25) is 0 Å². The van der Waals surface area contributed by atoms with Gasteiger partial charge < -0.3 is 5.11 Å². The van der Waals surface area contributed by atoms with Crippen LogP contribution in [0, 0.1) is 11.3 Å². The Bertz CT molecular complexity index is 410. The van der Waals surface area contributed by atoms with Crippen LogP contribution in [0.15, 0.2) is 24.3 Å². The van der Waals surface area contributed by atoms with Gasteiger partial charge in [-0.3, -0.25) is 4.79 Å². The van der Waals surface area contributed by atoms with Crippen LogP contribution in [-0.4, -0.2) is 11.1 Å². The fraction of sp³-hybridized carbons (Fsp3) is 0.273. The number of nitrogens with zero attached hydrogens (tertiary/aromatic N) is 1. The van der Waals surface area contributed by atoms with Crippen LogP contribution in [-0.2, 0) is 10.2 Å². The van der Waals surface area contributed by atoms with Gasteiger partial charge in [-0.15, -0.1) is 0 Å². The van der Waals surface area contributed by atoms with Gasteiger partial charge in [0.1, 0.15) is 0 Å².